The molecule has 0 aromatic heterocycles. The molecule has 0 radical (unpaired) electrons. The van der Waals surface area contributed by atoms with Gasteiger partial charge < -0.3 is 5.11 Å². The van der Waals surface area contributed by atoms with Crippen molar-refractivity contribution >= 4 is 5.97 Å². The Morgan fingerprint density at radius 1 is 1.30 bits per heavy atom. The Kier molecular flexibility index (Phi) is 7.28. The second kappa shape index (κ2) is 8.71. The maximum absolute atomic E-state index is 10.6. The zero-order chi connectivity index (χ0) is 17.5. The van der Waals surface area contributed by atoms with Gasteiger partial charge in [-0.15, -0.1) is 0 Å². The topological polar surface area (TPSA) is 37.3 Å². The molecule has 0 bridgehead atoms. The van der Waals surface area contributed by atoms with E-state index in [1.807, 2.05) is 12.2 Å². The lowest BCUT2D eigenvalue weighted by molar-refractivity contribution is -0.131. The predicted molar refractivity (Wildman–Crippen MR) is 98.4 cm³/mol. The first kappa shape index (κ1) is 19.2. The lowest BCUT2D eigenvalue weighted by atomic mass is 9.72. The smallest absolute Gasteiger partial charge is 0.328 e. The van der Waals surface area contributed by atoms with Crippen molar-refractivity contribution in [2.45, 2.75) is 60.3 Å². The minimum Gasteiger partial charge on any atom is -0.478 e. The van der Waals surface area contributed by atoms with E-state index in [1.165, 1.54) is 42.1 Å². The molecule has 0 heterocycles. The molecule has 0 amide bonds. The molecule has 0 unspecified atom stereocenters. The number of rotatable bonds is 6. The summed E-state index contributed by atoms with van der Waals surface area (Å²) >= 11 is 0. The first-order chi connectivity index (χ1) is 10.8. The first-order valence-electron chi connectivity index (χ1n) is 8.43. The van der Waals surface area contributed by atoms with Crippen LogP contribution < -0.4 is 0 Å². The van der Waals surface area contributed by atoms with E-state index in [9.17, 15) is 4.79 Å². The molecular formula is C21H30O2. The molecule has 1 rings (SSSR count). The van der Waals surface area contributed by atoms with Gasteiger partial charge >= 0.3 is 5.97 Å². The van der Waals surface area contributed by atoms with E-state index in [-0.39, 0.29) is 5.41 Å². The van der Waals surface area contributed by atoms with Crippen molar-refractivity contribution in [1.82, 2.24) is 0 Å². The van der Waals surface area contributed by atoms with Crippen molar-refractivity contribution in [3.8, 4) is 0 Å². The molecule has 1 N–H and O–H groups in total. The number of hydrogen-bond donors (Lipinski definition) is 1. The molecule has 0 aromatic rings. The van der Waals surface area contributed by atoms with E-state index < -0.39 is 5.97 Å². The monoisotopic (exact) mass is 314 g/mol. The Morgan fingerprint density at radius 2 is 2.00 bits per heavy atom. The van der Waals surface area contributed by atoms with Crippen molar-refractivity contribution in [3.05, 3.63) is 58.7 Å². The Morgan fingerprint density at radius 3 is 2.57 bits per heavy atom. The molecule has 0 aromatic carbocycles. The highest BCUT2D eigenvalue weighted by Crippen LogP contribution is 2.40. The lowest BCUT2D eigenvalue weighted by Crippen LogP contribution is -2.19. The number of carbonyl (C=O) groups is 1. The third kappa shape index (κ3) is 6.43. The minimum absolute atomic E-state index is 0.258. The average molecular weight is 314 g/mol. The second-order valence-corrected chi connectivity index (χ2v) is 6.95. The van der Waals surface area contributed by atoms with E-state index in [1.54, 1.807) is 6.92 Å². The molecule has 0 atom stereocenters. The Labute approximate surface area is 141 Å². The standard InChI is InChI=1S/C21H30O2/c1-6-18(11-7-9-16(2)15-20(22)23)12-13-19-17(3)10-8-14-21(19,4)5/h7,9,11-13,15H,6,8,10,14H2,1-5H3,(H,22,23). The highest BCUT2D eigenvalue weighted by atomic mass is 16.4. The van der Waals surface area contributed by atoms with Gasteiger partial charge in [-0.2, -0.15) is 0 Å². The van der Waals surface area contributed by atoms with Gasteiger partial charge in [0.2, 0.25) is 0 Å². The summed E-state index contributed by atoms with van der Waals surface area (Å²) in [7, 11) is 0. The Balaban J connectivity index is 2.89. The van der Waals surface area contributed by atoms with Gasteiger partial charge in [0.1, 0.15) is 0 Å². The van der Waals surface area contributed by atoms with Crippen LogP contribution in [-0.4, -0.2) is 11.1 Å². The molecule has 0 fully saturated rings. The molecule has 1 aliphatic rings. The summed E-state index contributed by atoms with van der Waals surface area (Å²) in [5.41, 5.74) is 5.21. The number of aliphatic carboxylic acids is 1. The highest BCUT2D eigenvalue weighted by Gasteiger charge is 2.26. The van der Waals surface area contributed by atoms with Crippen LogP contribution in [0, 0.1) is 5.41 Å². The summed E-state index contributed by atoms with van der Waals surface area (Å²) in [6.45, 7) is 10.8. The fourth-order valence-electron chi connectivity index (χ4n) is 3.06. The third-order valence-corrected chi connectivity index (χ3v) is 4.44. The molecular weight excluding hydrogens is 284 g/mol. The average Bonchev–Trinajstić information content (AvgIpc) is 2.43. The Bertz CT molecular complexity index is 581. The van der Waals surface area contributed by atoms with Crippen LogP contribution in [0.15, 0.2) is 58.7 Å². The second-order valence-electron chi connectivity index (χ2n) is 6.95. The summed E-state index contributed by atoms with van der Waals surface area (Å²) in [5.74, 6) is -0.909. The normalized spacial score (nSPS) is 19.9. The number of carboxylic acids is 1. The van der Waals surface area contributed by atoms with Crippen molar-refractivity contribution in [2.24, 2.45) is 5.41 Å². The molecule has 126 valence electrons. The van der Waals surface area contributed by atoms with Gasteiger partial charge in [0, 0.05) is 6.08 Å². The molecule has 0 saturated heterocycles. The lowest BCUT2D eigenvalue weighted by Gasteiger charge is -2.33. The summed E-state index contributed by atoms with van der Waals surface area (Å²) in [6.07, 6.45) is 16.2. The van der Waals surface area contributed by atoms with Gasteiger partial charge in [0.15, 0.2) is 0 Å². The van der Waals surface area contributed by atoms with Crippen LogP contribution in [0.2, 0.25) is 0 Å². The molecule has 0 aliphatic heterocycles. The van der Waals surface area contributed by atoms with Crippen molar-refractivity contribution < 1.29 is 9.90 Å². The summed E-state index contributed by atoms with van der Waals surface area (Å²) in [4.78, 5) is 10.6. The summed E-state index contributed by atoms with van der Waals surface area (Å²) in [6, 6.07) is 0. The fourth-order valence-corrected chi connectivity index (χ4v) is 3.06. The maximum atomic E-state index is 10.6. The van der Waals surface area contributed by atoms with Gasteiger partial charge in [-0.25, -0.2) is 4.79 Å². The minimum atomic E-state index is -0.909. The zero-order valence-electron chi connectivity index (χ0n) is 15.1. The molecule has 0 saturated carbocycles. The van der Waals surface area contributed by atoms with Crippen LogP contribution in [0.4, 0.5) is 0 Å². The van der Waals surface area contributed by atoms with E-state index in [2.05, 4.69) is 45.9 Å². The summed E-state index contributed by atoms with van der Waals surface area (Å²) < 4.78 is 0. The van der Waals surface area contributed by atoms with Crippen LogP contribution in [0.3, 0.4) is 0 Å². The van der Waals surface area contributed by atoms with Gasteiger partial charge in [0.25, 0.3) is 0 Å². The van der Waals surface area contributed by atoms with Crippen molar-refractivity contribution in [3.63, 3.8) is 0 Å². The first-order valence-corrected chi connectivity index (χ1v) is 8.43. The quantitative estimate of drug-likeness (QED) is 0.483. The van der Waals surface area contributed by atoms with Crippen molar-refractivity contribution in [2.75, 3.05) is 0 Å². The third-order valence-electron chi connectivity index (χ3n) is 4.44. The van der Waals surface area contributed by atoms with E-state index in [4.69, 9.17) is 5.11 Å². The van der Waals surface area contributed by atoms with Crippen LogP contribution in [0.25, 0.3) is 0 Å². The Hall–Kier alpha value is -1.83. The van der Waals surface area contributed by atoms with E-state index in [0.717, 1.165) is 12.0 Å². The molecule has 23 heavy (non-hydrogen) atoms. The predicted octanol–water partition coefficient (Wildman–Crippen LogP) is 5.99. The van der Waals surface area contributed by atoms with Gasteiger partial charge in [0.05, 0.1) is 0 Å². The largest absolute Gasteiger partial charge is 0.478 e. The fraction of sp³-hybridized carbons (Fsp3) is 0.476. The maximum Gasteiger partial charge on any atom is 0.328 e. The van der Waals surface area contributed by atoms with Crippen LogP contribution >= 0.6 is 0 Å². The van der Waals surface area contributed by atoms with E-state index >= 15 is 0 Å². The number of carboxylic acid groups (broad SMARTS) is 1. The van der Waals surface area contributed by atoms with Crippen LogP contribution in [0.1, 0.15) is 60.3 Å². The van der Waals surface area contributed by atoms with Gasteiger partial charge in [-0.05, 0) is 61.7 Å². The van der Waals surface area contributed by atoms with Crippen LogP contribution in [0.5, 0.6) is 0 Å². The van der Waals surface area contributed by atoms with E-state index in [0.29, 0.717) is 0 Å². The highest BCUT2D eigenvalue weighted by molar-refractivity contribution is 5.81. The summed E-state index contributed by atoms with van der Waals surface area (Å²) in [5, 5.41) is 8.70. The SMILES string of the molecule is CCC(C=CC1=C(C)CCCC1(C)C)=CC=CC(C)=CC(=O)O. The number of hydrogen-bond acceptors (Lipinski definition) is 1. The molecule has 0 spiro atoms. The molecule has 2 heteroatoms. The zero-order valence-corrected chi connectivity index (χ0v) is 15.1. The van der Waals surface area contributed by atoms with Gasteiger partial charge in [-0.3, -0.25) is 0 Å². The van der Waals surface area contributed by atoms with Crippen molar-refractivity contribution in [1.29, 1.82) is 0 Å². The number of allylic oxidation sites excluding steroid dienone is 9. The van der Waals surface area contributed by atoms with Crippen LogP contribution in [-0.2, 0) is 4.79 Å². The molecule has 1 aliphatic carbocycles. The molecule has 2 nitrogen and oxygen atoms in total. The van der Waals surface area contributed by atoms with Gasteiger partial charge in [-0.1, -0.05) is 56.7 Å².